The molecular weight excluding hydrogens is 372 g/mol. The van der Waals surface area contributed by atoms with Gasteiger partial charge in [-0.05, 0) is 35.4 Å². The lowest BCUT2D eigenvalue weighted by atomic mass is 10.1. The van der Waals surface area contributed by atoms with Crippen LogP contribution in [0.3, 0.4) is 0 Å². The predicted octanol–water partition coefficient (Wildman–Crippen LogP) is 3.17. The molecule has 8 nitrogen and oxygen atoms in total. The molecule has 0 fully saturated rings. The van der Waals surface area contributed by atoms with Gasteiger partial charge in [0.15, 0.2) is 0 Å². The van der Waals surface area contributed by atoms with Gasteiger partial charge in [0.1, 0.15) is 11.5 Å². The highest BCUT2D eigenvalue weighted by Crippen LogP contribution is 2.30. The number of carbonyl (C=O) groups is 1. The van der Waals surface area contributed by atoms with Crippen LogP contribution >= 0.6 is 0 Å². The second-order valence-corrected chi connectivity index (χ2v) is 6.28. The van der Waals surface area contributed by atoms with Crippen molar-refractivity contribution in [2.45, 2.75) is 13.0 Å². The molecule has 0 bridgehead atoms. The van der Waals surface area contributed by atoms with Gasteiger partial charge < -0.3 is 25.2 Å². The quantitative estimate of drug-likeness (QED) is 0.416. The molecule has 1 heterocycles. The highest BCUT2D eigenvalue weighted by molar-refractivity contribution is 5.91. The summed E-state index contributed by atoms with van der Waals surface area (Å²) in [7, 11) is 1.60. The summed E-state index contributed by atoms with van der Waals surface area (Å²) in [5, 5.41) is 21.4. The van der Waals surface area contributed by atoms with Gasteiger partial charge in [-0.3, -0.25) is 5.10 Å². The minimum atomic E-state index is -0.351. The Morgan fingerprint density at radius 3 is 2.86 bits per heavy atom. The lowest BCUT2D eigenvalue weighted by Crippen LogP contribution is -2.28. The van der Waals surface area contributed by atoms with E-state index in [1.54, 1.807) is 25.6 Å². The Labute approximate surface area is 168 Å². The summed E-state index contributed by atoms with van der Waals surface area (Å²) in [6, 6.07) is 12.6. The predicted molar refractivity (Wildman–Crippen MR) is 110 cm³/mol. The van der Waals surface area contributed by atoms with Crippen LogP contribution in [0.15, 0.2) is 54.9 Å². The summed E-state index contributed by atoms with van der Waals surface area (Å²) in [5.41, 5.74) is 3.28. The molecule has 0 aliphatic carbocycles. The van der Waals surface area contributed by atoms with Crippen molar-refractivity contribution in [1.29, 1.82) is 0 Å². The fraction of sp³-hybridized carbons (Fsp3) is 0.238. The van der Waals surface area contributed by atoms with Crippen molar-refractivity contribution < 1.29 is 19.4 Å². The topological polar surface area (TPSA) is 108 Å². The van der Waals surface area contributed by atoms with Gasteiger partial charge in [-0.25, -0.2) is 4.79 Å². The maximum atomic E-state index is 12.4. The smallest absolute Gasteiger partial charge is 0.319 e. The highest BCUT2D eigenvalue weighted by atomic mass is 16.5. The largest absolute Gasteiger partial charge is 0.497 e. The van der Waals surface area contributed by atoms with E-state index in [1.807, 2.05) is 36.4 Å². The number of H-pyrrole nitrogens is 1. The third-order valence-corrected chi connectivity index (χ3v) is 4.21. The second-order valence-electron chi connectivity index (χ2n) is 6.28. The summed E-state index contributed by atoms with van der Waals surface area (Å²) in [6.07, 6.45) is 3.99. The minimum absolute atomic E-state index is 0.0329. The Balaban J connectivity index is 1.68. The first-order valence-electron chi connectivity index (χ1n) is 9.24. The number of anilines is 1. The first-order valence-corrected chi connectivity index (χ1v) is 9.24. The van der Waals surface area contributed by atoms with Gasteiger partial charge in [0.05, 0.1) is 25.6 Å². The lowest BCUT2D eigenvalue weighted by molar-refractivity contribution is 0.233. The third-order valence-electron chi connectivity index (χ3n) is 4.21. The van der Waals surface area contributed by atoms with Crippen LogP contribution < -0.4 is 20.1 Å². The zero-order chi connectivity index (χ0) is 20.5. The van der Waals surface area contributed by atoms with Gasteiger partial charge in [0.25, 0.3) is 0 Å². The van der Waals surface area contributed by atoms with Crippen LogP contribution in [-0.4, -0.2) is 41.7 Å². The standard InChI is InChI=1S/C21H24N4O4/c1-28-18-5-2-4-15(10-18)12-22-21(27)25-19-7-6-16(17-13-23-24-14-17)11-20(19)29-9-3-8-26/h2,4-7,10-11,13-14,26H,3,8-9,12H2,1H3,(H,23,24)(H2,22,25,27). The van der Waals surface area contributed by atoms with Gasteiger partial charge in [0, 0.05) is 31.3 Å². The van der Waals surface area contributed by atoms with Gasteiger partial charge in [0.2, 0.25) is 0 Å². The van der Waals surface area contributed by atoms with Gasteiger partial charge in [-0.2, -0.15) is 5.10 Å². The van der Waals surface area contributed by atoms with Crippen molar-refractivity contribution >= 4 is 11.7 Å². The second kappa shape index (κ2) is 10.1. The van der Waals surface area contributed by atoms with Gasteiger partial charge in [-0.1, -0.05) is 18.2 Å². The molecule has 0 radical (unpaired) electrons. The number of benzene rings is 2. The van der Waals surface area contributed by atoms with Crippen LogP contribution in [0.1, 0.15) is 12.0 Å². The Kier molecular flexibility index (Phi) is 7.07. The van der Waals surface area contributed by atoms with Crippen LogP contribution in [0.4, 0.5) is 10.5 Å². The molecule has 0 atom stereocenters. The van der Waals surface area contributed by atoms with E-state index in [0.29, 0.717) is 31.0 Å². The first-order chi connectivity index (χ1) is 14.2. The van der Waals surface area contributed by atoms with Crippen LogP contribution in [0, 0.1) is 0 Å². The van der Waals surface area contributed by atoms with E-state index in [1.165, 1.54) is 0 Å². The van der Waals surface area contributed by atoms with Crippen LogP contribution in [0.2, 0.25) is 0 Å². The van der Waals surface area contributed by atoms with Crippen molar-refractivity contribution in [1.82, 2.24) is 15.5 Å². The van der Waals surface area contributed by atoms with Crippen LogP contribution in [-0.2, 0) is 6.54 Å². The molecule has 0 unspecified atom stereocenters. The number of carbonyl (C=O) groups excluding carboxylic acids is 1. The maximum Gasteiger partial charge on any atom is 0.319 e. The molecule has 3 aromatic rings. The molecule has 3 rings (SSSR count). The maximum absolute atomic E-state index is 12.4. The van der Waals surface area contributed by atoms with Crippen LogP contribution in [0.5, 0.6) is 11.5 Å². The minimum Gasteiger partial charge on any atom is -0.497 e. The average molecular weight is 396 g/mol. The molecule has 152 valence electrons. The molecule has 29 heavy (non-hydrogen) atoms. The molecule has 0 spiro atoms. The molecular formula is C21H24N4O4. The molecule has 8 heteroatoms. The Bertz CT molecular complexity index is 928. The summed E-state index contributed by atoms with van der Waals surface area (Å²) < 4.78 is 11.0. The molecule has 0 aliphatic heterocycles. The van der Waals surface area contributed by atoms with E-state index in [9.17, 15) is 4.79 Å². The summed E-state index contributed by atoms with van der Waals surface area (Å²) in [4.78, 5) is 12.4. The number of aromatic amines is 1. The van der Waals surface area contributed by atoms with E-state index in [-0.39, 0.29) is 12.6 Å². The molecule has 2 aromatic carbocycles. The normalized spacial score (nSPS) is 10.4. The number of hydrogen-bond donors (Lipinski definition) is 4. The summed E-state index contributed by atoms with van der Waals surface area (Å²) in [5.74, 6) is 1.26. The first kappa shape index (κ1) is 20.2. The number of nitrogens with one attached hydrogen (secondary N) is 3. The fourth-order valence-electron chi connectivity index (χ4n) is 2.71. The Morgan fingerprint density at radius 2 is 2.10 bits per heavy atom. The highest BCUT2D eigenvalue weighted by Gasteiger charge is 2.11. The zero-order valence-corrected chi connectivity index (χ0v) is 16.1. The number of hydrogen-bond acceptors (Lipinski definition) is 5. The zero-order valence-electron chi connectivity index (χ0n) is 16.1. The summed E-state index contributed by atoms with van der Waals surface area (Å²) >= 11 is 0. The number of rotatable bonds is 9. The van der Waals surface area contributed by atoms with Crippen molar-refractivity contribution in [2.75, 3.05) is 25.6 Å². The molecule has 0 aliphatic rings. The van der Waals surface area contributed by atoms with Crippen molar-refractivity contribution in [3.8, 4) is 22.6 Å². The molecule has 0 saturated carbocycles. The third kappa shape index (κ3) is 5.73. The molecule has 0 saturated heterocycles. The van der Waals surface area contributed by atoms with E-state index < -0.39 is 0 Å². The number of aliphatic hydroxyl groups is 1. The number of ether oxygens (including phenoxy) is 2. The Hall–Kier alpha value is -3.52. The monoisotopic (exact) mass is 396 g/mol. The van der Waals surface area contributed by atoms with Gasteiger partial charge >= 0.3 is 6.03 Å². The van der Waals surface area contributed by atoms with Crippen molar-refractivity contribution in [2.24, 2.45) is 0 Å². The molecule has 4 N–H and O–H groups in total. The lowest BCUT2D eigenvalue weighted by Gasteiger charge is -2.14. The number of aromatic nitrogens is 2. The van der Waals surface area contributed by atoms with Crippen molar-refractivity contribution in [3.63, 3.8) is 0 Å². The molecule has 1 aromatic heterocycles. The number of aliphatic hydroxyl groups excluding tert-OH is 1. The Morgan fingerprint density at radius 1 is 1.21 bits per heavy atom. The number of methoxy groups -OCH3 is 1. The van der Waals surface area contributed by atoms with E-state index in [2.05, 4.69) is 20.8 Å². The van der Waals surface area contributed by atoms with Crippen molar-refractivity contribution in [3.05, 3.63) is 60.4 Å². The summed E-state index contributed by atoms with van der Waals surface area (Å²) in [6.45, 7) is 0.730. The van der Waals surface area contributed by atoms with E-state index >= 15 is 0 Å². The van der Waals surface area contributed by atoms with E-state index in [4.69, 9.17) is 14.6 Å². The van der Waals surface area contributed by atoms with E-state index in [0.717, 1.165) is 22.4 Å². The number of amides is 2. The van der Waals surface area contributed by atoms with Gasteiger partial charge in [-0.15, -0.1) is 0 Å². The number of nitrogens with zero attached hydrogens (tertiary/aromatic N) is 1. The molecule has 2 amide bonds. The van der Waals surface area contributed by atoms with Crippen LogP contribution in [0.25, 0.3) is 11.1 Å². The SMILES string of the molecule is COc1cccc(CNC(=O)Nc2ccc(-c3cn[nH]c3)cc2OCCCO)c1. The number of urea groups is 1. The fourth-order valence-corrected chi connectivity index (χ4v) is 2.71. The average Bonchev–Trinajstić information content (AvgIpc) is 3.28.